The predicted octanol–water partition coefficient (Wildman–Crippen LogP) is 1.21. The van der Waals surface area contributed by atoms with Crippen LogP contribution >= 0.6 is 0 Å². The molecule has 2 atom stereocenters. The molecule has 0 aromatic heterocycles. The number of benzene rings is 1. The summed E-state index contributed by atoms with van der Waals surface area (Å²) in [4.78, 5) is 28.8. The molecule has 0 spiro atoms. The minimum Gasteiger partial charge on any atom is -0.316 e. The van der Waals surface area contributed by atoms with Gasteiger partial charge >= 0.3 is 0 Å². The molecule has 0 bridgehead atoms. The van der Waals surface area contributed by atoms with E-state index in [0.29, 0.717) is 29.5 Å². The van der Waals surface area contributed by atoms with Crippen LogP contribution in [0.25, 0.3) is 0 Å². The van der Waals surface area contributed by atoms with E-state index in [2.05, 4.69) is 24.1 Å². The van der Waals surface area contributed by atoms with Crippen LogP contribution in [0, 0.1) is 11.8 Å². The normalized spacial score (nSPS) is 29.2. The van der Waals surface area contributed by atoms with Crippen molar-refractivity contribution in [3.8, 4) is 0 Å². The molecule has 1 aromatic rings. The molecule has 3 aliphatic heterocycles. The largest absolute Gasteiger partial charge is 0.316 e. The van der Waals surface area contributed by atoms with Gasteiger partial charge in [-0.15, -0.1) is 0 Å². The van der Waals surface area contributed by atoms with Crippen molar-refractivity contribution in [2.24, 2.45) is 11.8 Å². The van der Waals surface area contributed by atoms with Crippen LogP contribution in [0.5, 0.6) is 0 Å². The fraction of sp³-hybridized carbons (Fsp3) is 0.556. The first-order chi connectivity index (χ1) is 11.0. The number of hydrogen-bond donors (Lipinski definition) is 1. The molecule has 5 heteroatoms. The van der Waals surface area contributed by atoms with E-state index in [9.17, 15) is 9.59 Å². The van der Waals surface area contributed by atoms with Crippen LogP contribution in [0.3, 0.4) is 0 Å². The Labute approximate surface area is 136 Å². The zero-order valence-corrected chi connectivity index (χ0v) is 13.7. The summed E-state index contributed by atoms with van der Waals surface area (Å²) in [5, 5.41) is 3.48. The molecule has 2 fully saturated rings. The standard InChI is InChI=1S/C18H23N3O2/c1-18(2)15-10-19-9-12(15)11-20(18)7-8-21-16(22)13-5-3-4-6-14(13)17(21)23/h3-6,12,15,19H,7-11H2,1-2H3. The molecule has 2 unspecified atom stereocenters. The van der Waals surface area contributed by atoms with Gasteiger partial charge in [0.1, 0.15) is 0 Å². The summed E-state index contributed by atoms with van der Waals surface area (Å²) in [5.41, 5.74) is 1.20. The number of amides is 2. The Morgan fingerprint density at radius 3 is 2.35 bits per heavy atom. The monoisotopic (exact) mass is 313 g/mol. The van der Waals surface area contributed by atoms with E-state index >= 15 is 0 Å². The van der Waals surface area contributed by atoms with Crippen LogP contribution in [0.4, 0.5) is 0 Å². The molecular weight excluding hydrogens is 290 g/mol. The van der Waals surface area contributed by atoms with E-state index in [1.54, 1.807) is 12.1 Å². The minimum atomic E-state index is -0.149. The smallest absolute Gasteiger partial charge is 0.261 e. The van der Waals surface area contributed by atoms with Crippen molar-refractivity contribution in [3.05, 3.63) is 35.4 Å². The Bertz CT molecular complexity index is 635. The Hall–Kier alpha value is -1.72. The summed E-state index contributed by atoms with van der Waals surface area (Å²) in [6.07, 6.45) is 0. The third-order valence-corrected chi connectivity index (χ3v) is 5.99. The van der Waals surface area contributed by atoms with Crippen molar-refractivity contribution in [3.63, 3.8) is 0 Å². The molecular formula is C18H23N3O2. The molecule has 0 saturated carbocycles. The zero-order chi connectivity index (χ0) is 16.2. The number of imide groups is 1. The fourth-order valence-electron chi connectivity index (χ4n) is 4.55. The third kappa shape index (κ3) is 2.14. The van der Waals surface area contributed by atoms with Crippen molar-refractivity contribution in [2.75, 3.05) is 32.7 Å². The van der Waals surface area contributed by atoms with Crippen LogP contribution in [-0.4, -0.2) is 59.9 Å². The molecule has 0 radical (unpaired) electrons. The van der Waals surface area contributed by atoms with E-state index in [4.69, 9.17) is 0 Å². The molecule has 0 aliphatic carbocycles. The second-order valence-corrected chi connectivity index (χ2v) is 7.43. The minimum absolute atomic E-state index is 0.118. The summed E-state index contributed by atoms with van der Waals surface area (Å²) in [5.74, 6) is 1.05. The van der Waals surface area contributed by atoms with Crippen LogP contribution in [0.1, 0.15) is 34.6 Å². The zero-order valence-electron chi connectivity index (χ0n) is 13.7. The van der Waals surface area contributed by atoms with E-state index in [1.165, 1.54) is 4.90 Å². The van der Waals surface area contributed by atoms with Gasteiger partial charge in [-0.2, -0.15) is 0 Å². The highest BCUT2D eigenvalue weighted by molar-refractivity contribution is 6.21. The van der Waals surface area contributed by atoms with Gasteiger partial charge in [-0.1, -0.05) is 12.1 Å². The molecule has 3 aliphatic rings. The van der Waals surface area contributed by atoms with Crippen LogP contribution in [0.15, 0.2) is 24.3 Å². The lowest BCUT2D eigenvalue weighted by molar-refractivity contribution is 0.0603. The van der Waals surface area contributed by atoms with Gasteiger partial charge < -0.3 is 5.32 Å². The molecule has 1 aromatic carbocycles. The van der Waals surface area contributed by atoms with E-state index < -0.39 is 0 Å². The second-order valence-electron chi connectivity index (χ2n) is 7.43. The van der Waals surface area contributed by atoms with Crippen LogP contribution < -0.4 is 5.32 Å². The summed E-state index contributed by atoms with van der Waals surface area (Å²) in [6.45, 7) is 9.00. The fourth-order valence-corrected chi connectivity index (χ4v) is 4.55. The lowest BCUT2D eigenvalue weighted by Gasteiger charge is -2.36. The number of likely N-dealkylation sites (tertiary alicyclic amines) is 1. The van der Waals surface area contributed by atoms with Crippen LogP contribution in [-0.2, 0) is 0 Å². The van der Waals surface area contributed by atoms with Gasteiger partial charge in [0.05, 0.1) is 11.1 Å². The summed E-state index contributed by atoms with van der Waals surface area (Å²) in [7, 11) is 0. The Kier molecular flexibility index (Phi) is 3.32. The number of carbonyl (C=O) groups is 2. The highest BCUT2D eigenvalue weighted by Gasteiger charge is 2.49. The first-order valence-electron chi connectivity index (χ1n) is 8.41. The van der Waals surface area contributed by atoms with Crippen molar-refractivity contribution in [1.82, 2.24) is 15.1 Å². The van der Waals surface area contributed by atoms with Crippen molar-refractivity contribution in [1.29, 1.82) is 0 Å². The van der Waals surface area contributed by atoms with Crippen molar-refractivity contribution < 1.29 is 9.59 Å². The van der Waals surface area contributed by atoms with Gasteiger partial charge in [-0.25, -0.2) is 0 Å². The molecule has 23 heavy (non-hydrogen) atoms. The highest BCUT2D eigenvalue weighted by atomic mass is 16.2. The summed E-state index contributed by atoms with van der Waals surface area (Å²) >= 11 is 0. The second kappa shape index (κ2) is 5.14. The van der Waals surface area contributed by atoms with Crippen LogP contribution in [0.2, 0.25) is 0 Å². The lowest BCUT2D eigenvalue weighted by Crippen LogP contribution is -2.48. The summed E-state index contributed by atoms with van der Waals surface area (Å²) in [6, 6.07) is 7.10. The van der Waals surface area contributed by atoms with Gasteiger partial charge in [0.25, 0.3) is 11.8 Å². The third-order valence-electron chi connectivity index (χ3n) is 5.99. The number of rotatable bonds is 3. The van der Waals surface area contributed by atoms with Gasteiger partial charge in [0.2, 0.25) is 0 Å². The summed E-state index contributed by atoms with van der Waals surface area (Å²) < 4.78 is 0. The highest BCUT2D eigenvalue weighted by Crippen LogP contribution is 2.40. The van der Waals surface area contributed by atoms with Gasteiger partial charge in [-0.3, -0.25) is 19.4 Å². The Morgan fingerprint density at radius 2 is 1.74 bits per heavy atom. The molecule has 4 rings (SSSR count). The number of hydrogen-bond acceptors (Lipinski definition) is 4. The van der Waals surface area contributed by atoms with Crippen molar-refractivity contribution >= 4 is 11.8 Å². The Morgan fingerprint density at radius 1 is 1.09 bits per heavy atom. The molecule has 2 saturated heterocycles. The molecule has 1 N–H and O–H groups in total. The SMILES string of the molecule is CC1(C)C2CNCC2CN1CCN1C(=O)c2ccccc2C1=O. The number of fused-ring (bicyclic) bond motifs is 2. The van der Waals surface area contributed by atoms with E-state index in [1.807, 2.05) is 12.1 Å². The average molecular weight is 313 g/mol. The van der Waals surface area contributed by atoms with Gasteiger partial charge in [0.15, 0.2) is 0 Å². The Balaban J connectivity index is 1.47. The molecule has 5 nitrogen and oxygen atoms in total. The topological polar surface area (TPSA) is 52.6 Å². The number of nitrogens with one attached hydrogen (secondary N) is 1. The quantitative estimate of drug-likeness (QED) is 0.853. The molecule has 2 amide bonds. The average Bonchev–Trinajstić information content (AvgIpc) is 3.16. The van der Waals surface area contributed by atoms with Crippen molar-refractivity contribution in [2.45, 2.75) is 19.4 Å². The number of nitrogens with zero attached hydrogens (tertiary/aromatic N) is 2. The van der Waals surface area contributed by atoms with Gasteiger partial charge in [0, 0.05) is 31.7 Å². The first kappa shape index (κ1) is 14.8. The maximum absolute atomic E-state index is 12.4. The molecule has 122 valence electrons. The lowest BCUT2D eigenvalue weighted by atomic mass is 9.85. The predicted molar refractivity (Wildman–Crippen MR) is 87.3 cm³/mol. The maximum Gasteiger partial charge on any atom is 0.261 e. The molecule has 3 heterocycles. The van der Waals surface area contributed by atoms with E-state index in [0.717, 1.165) is 26.2 Å². The van der Waals surface area contributed by atoms with Gasteiger partial charge in [-0.05, 0) is 44.4 Å². The number of carbonyl (C=O) groups excluding carboxylic acids is 2. The first-order valence-corrected chi connectivity index (χ1v) is 8.41. The maximum atomic E-state index is 12.4. The van der Waals surface area contributed by atoms with E-state index in [-0.39, 0.29) is 17.4 Å².